The maximum atomic E-state index is 12.1. The van der Waals surface area contributed by atoms with Crippen LogP contribution in [-0.2, 0) is 11.4 Å². The van der Waals surface area contributed by atoms with Gasteiger partial charge in [-0.2, -0.15) is 0 Å². The third-order valence-corrected chi connectivity index (χ3v) is 5.50. The van der Waals surface area contributed by atoms with Crippen molar-refractivity contribution in [3.63, 3.8) is 0 Å². The topological polar surface area (TPSA) is 35.1 Å². The highest BCUT2D eigenvalue weighted by Crippen LogP contribution is 2.36. The van der Waals surface area contributed by atoms with E-state index in [0.29, 0.717) is 0 Å². The second-order valence-corrected chi connectivity index (χ2v) is 8.36. The van der Waals surface area contributed by atoms with E-state index in [4.69, 9.17) is 0 Å². The molecule has 0 saturated carbocycles. The van der Waals surface area contributed by atoms with Crippen LogP contribution in [0.15, 0.2) is 29.2 Å². The maximum Gasteiger partial charge on any atom is 0.136 e. The molecule has 2 atom stereocenters. The SMILES string of the molecule is CC(C)(C)[S@@+]([O-])N[C@@H]1CCSc2ccccc21. The first-order valence-electron chi connectivity index (χ1n) is 5.88. The molecule has 1 aliphatic rings. The van der Waals surface area contributed by atoms with Gasteiger partial charge in [-0.25, -0.2) is 0 Å². The number of thioether (sulfide) groups is 1. The van der Waals surface area contributed by atoms with Crippen LogP contribution in [0.2, 0.25) is 0 Å². The summed E-state index contributed by atoms with van der Waals surface area (Å²) in [4.78, 5) is 1.32. The fraction of sp³-hybridized carbons (Fsp3) is 0.538. The van der Waals surface area contributed by atoms with Crippen molar-refractivity contribution < 1.29 is 4.55 Å². The van der Waals surface area contributed by atoms with Gasteiger partial charge in [-0.1, -0.05) is 18.2 Å². The quantitative estimate of drug-likeness (QED) is 0.837. The Hall–Kier alpha value is -0.160. The monoisotopic (exact) mass is 269 g/mol. The standard InChI is InChI=1S/C13H19NOS2/c1-13(2,3)17(15)14-11-8-9-16-12-7-5-4-6-10(11)12/h4-7,11,14H,8-9H2,1-3H3/t11-,17-/m1/s1. The smallest absolute Gasteiger partial charge is 0.136 e. The summed E-state index contributed by atoms with van der Waals surface area (Å²) < 4.78 is 15.2. The molecule has 0 aromatic heterocycles. The van der Waals surface area contributed by atoms with E-state index in [2.05, 4.69) is 29.0 Å². The predicted molar refractivity (Wildman–Crippen MR) is 75.6 cm³/mol. The van der Waals surface area contributed by atoms with Crippen molar-refractivity contribution in [2.45, 2.75) is 42.9 Å². The van der Waals surface area contributed by atoms with Crippen molar-refractivity contribution in [3.8, 4) is 0 Å². The van der Waals surface area contributed by atoms with Gasteiger partial charge < -0.3 is 4.55 Å². The Labute approximate surface area is 111 Å². The molecule has 0 spiro atoms. The average molecular weight is 269 g/mol. The zero-order valence-corrected chi connectivity index (χ0v) is 12.2. The molecule has 2 rings (SSSR count). The summed E-state index contributed by atoms with van der Waals surface area (Å²) in [6.07, 6.45) is 1.05. The fourth-order valence-corrected chi connectivity index (χ4v) is 3.75. The number of benzene rings is 1. The van der Waals surface area contributed by atoms with E-state index in [9.17, 15) is 4.55 Å². The van der Waals surface area contributed by atoms with Gasteiger partial charge in [0.05, 0.1) is 6.04 Å². The number of fused-ring (bicyclic) bond motifs is 1. The second kappa shape index (κ2) is 5.22. The van der Waals surface area contributed by atoms with E-state index in [0.717, 1.165) is 12.2 Å². The molecule has 0 radical (unpaired) electrons. The number of nitrogens with one attached hydrogen (secondary N) is 1. The zero-order chi connectivity index (χ0) is 12.5. The first-order chi connectivity index (χ1) is 7.98. The van der Waals surface area contributed by atoms with Gasteiger partial charge in [0.15, 0.2) is 0 Å². The van der Waals surface area contributed by atoms with Crippen molar-refractivity contribution >= 4 is 23.1 Å². The third-order valence-electron chi connectivity index (χ3n) is 2.76. The van der Waals surface area contributed by atoms with Crippen LogP contribution in [0.25, 0.3) is 0 Å². The molecule has 1 heterocycles. The lowest BCUT2D eigenvalue weighted by Gasteiger charge is -2.30. The van der Waals surface area contributed by atoms with Crippen LogP contribution in [-0.4, -0.2) is 15.1 Å². The van der Waals surface area contributed by atoms with Crippen LogP contribution >= 0.6 is 11.8 Å². The molecule has 0 saturated heterocycles. The van der Waals surface area contributed by atoms with E-state index in [1.807, 2.05) is 32.5 Å². The van der Waals surface area contributed by atoms with Crippen LogP contribution in [0.1, 0.15) is 38.8 Å². The molecule has 1 aromatic carbocycles. The summed E-state index contributed by atoms with van der Waals surface area (Å²) in [7, 11) is 0. The van der Waals surface area contributed by atoms with E-state index in [1.54, 1.807) is 0 Å². The Morgan fingerprint density at radius 1 is 1.35 bits per heavy atom. The highest BCUT2D eigenvalue weighted by Gasteiger charge is 2.31. The molecule has 1 N–H and O–H groups in total. The number of hydrogen-bond donors (Lipinski definition) is 1. The van der Waals surface area contributed by atoms with E-state index < -0.39 is 11.4 Å². The molecular formula is C13H19NOS2. The van der Waals surface area contributed by atoms with Gasteiger partial charge in [-0.15, -0.1) is 16.5 Å². The first kappa shape index (κ1) is 13.3. The van der Waals surface area contributed by atoms with Gasteiger partial charge >= 0.3 is 0 Å². The van der Waals surface area contributed by atoms with E-state index in [-0.39, 0.29) is 10.8 Å². The normalized spacial score (nSPS) is 22.0. The minimum absolute atomic E-state index is 0.209. The number of rotatable bonds is 2. The average Bonchev–Trinajstić information content (AvgIpc) is 2.28. The van der Waals surface area contributed by atoms with Crippen molar-refractivity contribution in [1.82, 2.24) is 4.72 Å². The van der Waals surface area contributed by atoms with Crippen molar-refractivity contribution in [3.05, 3.63) is 29.8 Å². The van der Waals surface area contributed by atoms with Crippen molar-refractivity contribution in [2.75, 3.05) is 5.75 Å². The van der Waals surface area contributed by atoms with E-state index >= 15 is 0 Å². The molecule has 1 aliphatic heterocycles. The lowest BCUT2D eigenvalue weighted by atomic mass is 10.1. The van der Waals surface area contributed by atoms with Gasteiger partial charge in [-0.05, 0) is 44.6 Å². The maximum absolute atomic E-state index is 12.1. The Bertz CT molecular complexity index is 389. The van der Waals surface area contributed by atoms with Crippen molar-refractivity contribution in [2.24, 2.45) is 0 Å². The van der Waals surface area contributed by atoms with Gasteiger partial charge in [0, 0.05) is 16.3 Å². The Morgan fingerprint density at radius 3 is 2.76 bits per heavy atom. The zero-order valence-electron chi connectivity index (χ0n) is 10.5. The van der Waals surface area contributed by atoms with Gasteiger partial charge in [0.25, 0.3) is 0 Å². The summed E-state index contributed by atoms with van der Waals surface area (Å²) in [5.74, 6) is 1.09. The van der Waals surface area contributed by atoms with Crippen LogP contribution < -0.4 is 4.72 Å². The van der Waals surface area contributed by atoms with Crippen LogP contribution in [0.3, 0.4) is 0 Å². The fourth-order valence-electron chi connectivity index (χ4n) is 1.77. The van der Waals surface area contributed by atoms with Crippen molar-refractivity contribution in [1.29, 1.82) is 0 Å². The molecule has 0 amide bonds. The third kappa shape index (κ3) is 3.19. The molecule has 0 unspecified atom stereocenters. The molecule has 17 heavy (non-hydrogen) atoms. The van der Waals surface area contributed by atoms with Gasteiger partial charge in [0.2, 0.25) is 0 Å². The predicted octanol–water partition coefficient (Wildman–Crippen LogP) is 3.28. The van der Waals surface area contributed by atoms with E-state index in [1.165, 1.54) is 10.5 Å². The second-order valence-electron chi connectivity index (χ2n) is 5.23. The molecule has 2 nitrogen and oxygen atoms in total. The van der Waals surface area contributed by atoms with Crippen LogP contribution in [0.5, 0.6) is 0 Å². The molecular weight excluding hydrogens is 250 g/mol. The minimum Gasteiger partial charge on any atom is -0.598 e. The molecule has 0 fully saturated rings. The summed E-state index contributed by atoms with van der Waals surface area (Å²) in [5, 5.41) is 0. The lowest BCUT2D eigenvalue weighted by molar-refractivity contribution is 0.516. The summed E-state index contributed by atoms with van der Waals surface area (Å²) in [5.41, 5.74) is 1.29. The van der Waals surface area contributed by atoms with Gasteiger partial charge in [-0.3, -0.25) is 0 Å². The lowest BCUT2D eigenvalue weighted by Crippen LogP contribution is -2.42. The highest BCUT2D eigenvalue weighted by molar-refractivity contribution is 7.99. The van der Waals surface area contributed by atoms with Gasteiger partial charge in [0.1, 0.15) is 4.75 Å². The Balaban J connectivity index is 2.14. The summed E-state index contributed by atoms with van der Waals surface area (Å²) in [6.45, 7) is 6.00. The first-order valence-corrected chi connectivity index (χ1v) is 8.02. The molecule has 94 valence electrons. The summed E-state index contributed by atoms with van der Waals surface area (Å²) in [6, 6.07) is 8.63. The molecule has 1 aromatic rings. The summed E-state index contributed by atoms with van der Waals surface area (Å²) >= 11 is 0.887. The van der Waals surface area contributed by atoms with Crippen LogP contribution in [0, 0.1) is 0 Å². The molecule has 0 bridgehead atoms. The highest BCUT2D eigenvalue weighted by atomic mass is 32.2. The minimum atomic E-state index is -1.00. The van der Waals surface area contributed by atoms with Crippen LogP contribution in [0.4, 0.5) is 0 Å². The largest absolute Gasteiger partial charge is 0.598 e. The molecule has 0 aliphatic carbocycles. The number of hydrogen-bond acceptors (Lipinski definition) is 3. The Morgan fingerprint density at radius 2 is 2.06 bits per heavy atom. The molecule has 4 heteroatoms. The Kier molecular flexibility index (Phi) is 4.08.